The van der Waals surface area contributed by atoms with E-state index in [1.54, 1.807) is 4.68 Å². The number of hydrogen-bond donors (Lipinski definition) is 1. The largest absolute Gasteiger partial charge is 0.398 e. The van der Waals surface area contributed by atoms with Crippen LogP contribution >= 0.6 is 0 Å². The first-order valence-corrected chi connectivity index (χ1v) is 13.7. The van der Waals surface area contributed by atoms with Gasteiger partial charge < -0.3 is 10.0 Å². The van der Waals surface area contributed by atoms with E-state index in [1.807, 2.05) is 71.6 Å². The maximum atomic E-state index is 14.6. The standard InChI is InChI=1S/C31H27F3N6O2/c32-31(33,34)27-26-23(15-24(41)30(27)42)40(29(20-7-3-1-4-8-20)21-9-5-2-6-10-21)38-28(26)19-11-13-39(14-12-19)25-18-36-22(16-35)17-37-25/h1-10,17-19,27,29-30,42H,11-15H2/t27-,30+/m1/s1. The van der Waals surface area contributed by atoms with Crippen molar-refractivity contribution in [2.45, 2.75) is 49.4 Å². The molecule has 0 spiro atoms. The molecule has 0 radical (unpaired) electrons. The van der Waals surface area contributed by atoms with E-state index >= 15 is 0 Å². The van der Waals surface area contributed by atoms with Gasteiger partial charge in [-0.25, -0.2) is 9.97 Å². The van der Waals surface area contributed by atoms with Gasteiger partial charge in [0.2, 0.25) is 0 Å². The molecule has 2 aromatic carbocycles. The van der Waals surface area contributed by atoms with E-state index in [2.05, 4.69) is 9.97 Å². The molecule has 42 heavy (non-hydrogen) atoms. The van der Waals surface area contributed by atoms with Crippen molar-refractivity contribution in [3.05, 3.63) is 107 Å². The number of aliphatic hydroxyl groups excluding tert-OH is 1. The van der Waals surface area contributed by atoms with Gasteiger partial charge in [0.05, 0.1) is 30.2 Å². The van der Waals surface area contributed by atoms with Crippen LogP contribution in [0.15, 0.2) is 73.1 Å². The summed E-state index contributed by atoms with van der Waals surface area (Å²) in [5, 5.41) is 24.5. The number of ketones is 1. The monoisotopic (exact) mass is 572 g/mol. The third-order valence-electron chi connectivity index (χ3n) is 8.16. The Morgan fingerprint density at radius 1 is 0.952 bits per heavy atom. The number of benzene rings is 2. The van der Waals surface area contributed by atoms with Crippen molar-refractivity contribution in [1.82, 2.24) is 19.7 Å². The lowest BCUT2D eigenvalue weighted by Crippen LogP contribution is -2.43. The molecule has 1 N–H and O–H groups in total. The highest BCUT2D eigenvalue weighted by Crippen LogP contribution is 2.48. The normalized spacial score (nSPS) is 19.5. The van der Waals surface area contributed by atoms with Crippen LogP contribution in [0.4, 0.5) is 19.0 Å². The van der Waals surface area contributed by atoms with Crippen LogP contribution in [0.3, 0.4) is 0 Å². The summed E-state index contributed by atoms with van der Waals surface area (Å²) in [4.78, 5) is 23.2. The Hall–Kier alpha value is -4.56. The molecule has 1 aliphatic carbocycles. The van der Waals surface area contributed by atoms with Gasteiger partial charge in [0.25, 0.3) is 0 Å². The molecule has 8 nitrogen and oxygen atoms in total. The number of fused-ring (bicyclic) bond motifs is 1. The van der Waals surface area contributed by atoms with Crippen LogP contribution < -0.4 is 4.90 Å². The highest BCUT2D eigenvalue weighted by molar-refractivity contribution is 5.88. The number of alkyl halides is 3. The molecule has 0 saturated carbocycles. The molecule has 1 saturated heterocycles. The number of carbonyl (C=O) groups is 1. The second kappa shape index (κ2) is 11.0. The van der Waals surface area contributed by atoms with E-state index in [-0.39, 0.29) is 35.0 Å². The Bertz CT molecular complexity index is 1570. The van der Waals surface area contributed by atoms with Gasteiger partial charge in [0, 0.05) is 24.6 Å². The topological polar surface area (TPSA) is 108 Å². The minimum absolute atomic E-state index is 0.0805. The van der Waals surface area contributed by atoms with Gasteiger partial charge in [-0.2, -0.15) is 23.5 Å². The van der Waals surface area contributed by atoms with Crippen molar-refractivity contribution >= 4 is 11.6 Å². The fraction of sp³-hybridized carbons (Fsp3) is 0.323. The summed E-state index contributed by atoms with van der Waals surface area (Å²) in [7, 11) is 0. The Balaban J connectivity index is 1.45. The molecule has 1 fully saturated rings. The van der Waals surface area contributed by atoms with Crippen molar-refractivity contribution in [1.29, 1.82) is 5.26 Å². The maximum absolute atomic E-state index is 14.6. The molecule has 0 unspecified atom stereocenters. The van der Waals surface area contributed by atoms with E-state index in [0.29, 0.717) is 31.7 Å². The molecule has 214 valence electrons. The summed E-state index contributed by atoms with van der Waals surface area (Å²) in [6.45, 7) is 0.984. The number of aromatic nitrogens is 4. The smallest absolute Gasteiger partial charge is 0.384 e. The average Bonchev–Trinajstić information content (AvgIpc) is 3.36. The molecule has 2 aromatic heterocycles. The van der Waals surface area contributed by atoms with Crippen LogP contribution in [0.1, 0.15) is 64.5 Å². The zero-order valence-electron chi connectivity index (χ0n) is 22.4. The lowest BCUT2D eigenvalue weighted by molar-refractivity contribution is -0.179. The van der Waals surface area contributed by atoms with Crippen LogP contribution in [-0.2, 0) is 11.2 Å². The van der Waals surface area contributed by atoms with E-state index in [4.69, 9.17) is 10.4 Å². The molecule has 4 aromatic rings. The third-order valence-corrected chi connectivity index (χ3v) is 8.16. The fourth-order valence-electron chi connectivity index (χ4n) is 6.16. The van der Waals surface area contributed by atoms with Crippen molar-refractivity contribution in [2.75, 3.05) is 18.0 Å². The Kier molecular flexibility index (Phi) is 7.24. The summed E-state index contributed by atoms with van der Waals surface area (Å²) in [5.41, 5.74) is 2.22. The van der Waals surface area contributed by atoms with Crippen molar-refractivity contribution < 1.29 is 23.1 Å². The first kappa shape index (κ1) is 27.6. The van der Waals surface area contributed by atoms with Crippen LogP contribution in [0, 0.1) is 11.3 Å². The SMILES string of the molecule is N#Cc1cnc(N2CCC(c3nn(C(c4ccccc4)c4ccccc4)c4c3[C@@H](C(F)(F)F)[C@@H](O)C(=O)C4)CC2)cn1. The molecule has 0 bridgehead atoms. The summed E-state index contributed by atoms with van der Waals surface area (Å²) in [6.07, 6.45) is -3.50. The van der Waals surface area contributed by atoms with Crippen LogP contribution in [0.25, 0.3) is 0 Å². The minimum Gasteiger partial charge on any atom is -0.384 e. The highest BCUT2D eigenvalue weighted by Gasteiger charge is 2.54. The Morgan fingerprint density at radius 3 is 2.10 bits per heavy atom. The van der Waals surface area contributed by atoms with E-state index in [9.17, 15) is 23.1 Å². The van der Waals surface area contributed by atoms with E-state index < -0.39 is 30.0 Å². The third kappa shape index (κ3) is 5.03. The van der Waals surface area contributed by atoms with Crippen LogP contribution in [0.2, 0.25) is 0 Å². The van der Waals surface area contributed by atoms with Gasteiger partial charge in [-0.15, -0.1) is 0 Å². The van der Waals surface area contributed by atoms with Crippen molar-refractivity contribution in [2.24, 2.45) is 0 Å². The quantitative estimate of drug-likeness (QED) is 0.370. The molecule has 1 aliphatic heterocycles. The van der Waals surface area contributed by atoms with E-state index in [1.165, 1.54) is 12.4 Å². The number of hydrogen-bond acceptors (Lipinski definition) is 7. The number of nitriles is 1. The number of aliphatic hydroxyl groups is 1. The first-order valence-electron chi connectivity index (χ1n) is 13.7. The van der Waals surface area contributed by atoms with Gasteiger partial charge in [-0.1, -0.05) is 60.7 Å². The Morgan fingerprint density at radius 2 is 1.57 bits per heavy atom. The lowest BCUT2D eigenvalue weighted by Gasteiger charge is -2.34. The zero-order chi connectivity index (χ0) is 29.4. The van der Waals surface area contributed by atoms with E-state index in [0.717, 1.165) is 11.1 Å². The summed E-state index contributed by atoms with van der Waals surface area (Å²) >= 11 is 0. The number of halogens is 3. The van der Waals surface area contributed by atoms with Gasteiger partial charge in [-0.3, -0.25) is 9.48 Å². The maximum Gasteiger partial charge on any atom is 0.398 e. The number of Topliss-reactive ketones (excluding diaryl/α,β-unsaturated/α-hetero) is 1. The number of carbonyl (C=O) groups excluding carboxylic acids is 1. The molecule has 0 amide bonds. The van der Waals surface area contributed by atoms with Crippen LogP contribution in [0.5, 0.6) is 0 Å². The second-order valence-corrected chi connectivity index (χ2v) is 10.7. The lowest BCUT2D eigenvalue weighted by atomic mass is 9.78. The minimum atomic E-state index is -4.85. The predicted molar refractivity (Wildman–Crippen MR) is 147 cm³/mol. The molecule has 3 heterocycles. The predicted octanol–water partition coefficient (Wildman–Crippen LogP) is 4.70. The summed E-state index contributed by atoms with van der Waals surface area (Å²) in [6, 6.07) is 20.1. The van der Waals surface area contributed by atoms with Crippen molar-refractivity contribution in [3.63, 3.8) is 0 Å². The second-order valence-electron chi connectivity index (χ2n) is 10.7. The summed E-state index contributed by atoms with van der Waals surface area (Å²) < 4.78 is 45.4. The number of rotatable bonds is 5. The molecule has 2 aliphatic rings. The Labute approximate surface area is 240 Å². The molecule has 6 rings (SSSR count). The molecule has 2 atom stereocenters. The zero-order valence-corrected chi connectivity index (χ0v) is 22.4. The van der Waals surface area contributed by atoms with Gasteiger partial charge in [0.15, 0.2) is 11.5 Å². The van der Waals surface area contributed by atoms with Crippen LogP contribution in [-0.4, -0.2) is 56.0 Å². The highest BCUT2D eigenvalue weighted by atomic mass is 19.4. The molecular formula is C31H27F3N6O2. The average molecular weight is 573 g/mol. The van der Waals surface area contributed by atoms with Gasteiger partial charge in [0.1, 0.15) is 30.0 Å². The van der Waals surface area contributed by atoms with Gasteiger partial charge >= 0.3 is 6.18 Å². The van der Waals surface area contributed by atoms with Crippen molar-refractivity contribution in [3.8, 4) is 6.07 Å². The first-order chi connectivity index (χ1) is 20.3. The number of nitrogens with zero attached hydrogens (tertiary/aromatic N) is 6. The molecule has 11 heteroatoms. The molecular weight excluding hydrogens is 545 g/mol. The van der Waals surface area contributed by atoms with Gasteiger partial charge in [-0.05, 0) is 24.0 Å². The fourth-order valence-corrected chi connectivity index (χ4v) is 6.16. The number of anilines is 1. The number of piperidine rings is 1. The summed E-state index contributed by atoms with van der Waals surface area (Å²) in [5.74, 6) is -2.97.